The molecule has 2 aliphatic heterocycles. The summed E-state index contributed by atoms with van der Waals surface area (Å²) in [6, 6.07) is 0. The molecule has 4 nitrogen and oxygen atoms in total. The summed E-state index contributed by atoms with van der Waals surface area (Å²) in [6.45, 7) is 7.72. The molecule has 2 rings (SSSR count). The van der Waals surface area contributed by atoms with Crippen molar-refractivity contribution in [3.8, 4) is 0 Å². The van der Waals surface area contributed by atoms with Crippen LogP contribution in [0.4, 0.5) is 0 Å². The third-order valence-electron chi connectivity index (χ3n) is 4.83. The molecule has 2 aliphatic rings. The molecule has 0 aromatic rings. The lowest BCUT2D eigenvalue weighted by molar-refractivity contribution is -0.141. The van der Waals surface area contributed by atoms with E-state index in [9.17, 15) is 9.59 Å². The molecule has 0 aromatic heterocycles. The Balaban J connectivity index is 1.74. The van der Waals surface area contributed by atoms with Gasteiger partial charge in [-0.05, 0) is 37.4 Å². The minimum Gasteiger partial charge on any atom is -0.343 e. The van der Waals surface area contributed by atoms with Crippen molar-refractivity contribution in [2.75, 3.05) is 37.7 Å². The Labute approximate surface area is 139 Å². The number of carbonyl (C=O) groups is 2. The van der Waals surface area contributed by atoms with E-state index in [1.165, 1.54) is 6.42 Å². The van der Waals surface area contributed by atoms with Gasteiger partial charge in [0.25, 0.3) is 0 Å². The fraction of sp³-hybridized carbons (Fsp3) is 0.882. The quantitative estimate of drug-likeness (QED) is 0.729. The zero-order chi connectivity index (χ0) is 15.9. The number of nitrogens with zero attached hydrogens (tertiary/aromatic N) is 2. The van der Waals surface area contributed by atoms with E-state index in [0.717, 1.165) is 56.9 Å². The Hall–Kier alpha value is -0.710. The summed E-state index contributed by atoms with van der Waals surface area (Å²) in [5, 5.41) is 0. The molecule has 0 spiro atoms. The highest BCUT2D eigenvalue weighted by Crippen LogP contribution is 2.24. The van der Waals surface area contributed by atoms with Gasteiger partial charge in [0.05, 0.1) is 0 Å². The molecule has 0 N–H and O–H groups in total. The summed E-state index contributed by atoms with van der Waals surface area (Å²) < 4.78 is 0. The molecule has 0 radical (unpaired) electrons. The Morgan fingerprint density at radius 2 is 1.82 bits per heavy atom. The van der Waals surface area contributed by atoms with Crippen LogP contribution in [0.3, 0.4) is 0 Å². The molecule has 22 heavy (non-hydrogen) atoms. The highest BCUT2D eigenvalue weighted by atomic mass is 32.2. The molecule has 0 aliphatic carbocycles. The molecule has 0 bridgehead atoms. The molecule has 2 amide bonds. The average Bonchev–Trinajstić information content (AvgIpc) is 2.54. The van der Waals surface area contributed by atoms with Crippen LogP contribution in [0.1, 0.15) is 46.0 Å². The minimum absolute atomic E-state index is 0.138. The number of carbonyl (C=O) groups excluding carboxylic acids is 2. The van der Waals surface area contributed by atoms with Crippen molar-refractivity contribution < 1.29 is 9.59 Å². The highest BCUT2D eigenvalue weighted by Gasteiger charge is 2.31. The van der Waals surface area contributed by atoms with Gasteiger partial charge in [0.1, 0.15) is 0 Å². The SMILES string of the molecule is CCSCCC(=O)N1CCC(C(=O)N2CCCC(C)C2)CC1. The summed E-state index contributed by atoms with van der Waals surface area (Å²) in [5.74, 6) is 3.35. The number of rotatable bonds is 5. The second-order valence-corrected chi connectivity index (χ2v) is 8.03. The van der Waals surface area contributed by atoms with Crippen molar-refractivity contribution in [2.24, 2.45) is 11.8 Å². The van der Waals surface area contributed by atoms with Crippen LogP contribution in [-0.2, 0) is 9.59 Å². The van der Waals surface area contributed by atoms with Gasteiger partial charge >= 0.3 is 0 Å². The van der Waals surface area contributed by atoms with Crippen molar-refractivity contribution in [2.45, 2.75) is 46.0 Å². The van der Waals surface area contributed by atoms with E-state index in [0.29, 0.717) is 18.2 Å². The first kappa shape index (κ1) is 17.6. The van der Waals surface area contributed by atoms with Gasteiger partial charge in [0, 0.05) is 44.3 Å². The molecule has 1 atom stereocenters. The summed E-state index contributed by atoms with van der Waals surface area (Å²) in [4.78, 5) is 28.7. The van der Waals surface area contributed by atoms with Crippen molar-refractivity contribution in [1.29, 1.82) is 0 Å². The molecular formula is C17H30N2O2S. The number of piperidine rings is 2. The van der Waals surface area contributed by atoms with E-state index in [-0.39, 0.29) is 11.8 Å². The fourth-order valence-electron chi connectivity index (χ4n) is 3.49. The van der Waals surface area contributed by atoms with Gasteiger partial charge in [-0.3, -0.25) is 9.59 Å². The molecule has 126 valence electrons. The van der Waals surface area contributed by atoms with Crippen molar-refractivity contribution in [3.63, 3.8) is 0 Å². The molecule has 1 unspecified atom stereocenters. The third-order valence-corrected chi connectivity index (χ3v) is 5.73. The van der Waals surface area contributed by atoms with E-state index in [2.05, 4.69) is 18.7 Å². The first-order chi connectivity index (χ1) is 10.6. The van der Waals surface area contributed by atoms with Crippen molar-refractivity contribution >= 4 is 23.6 Å². The molecule has 2 heterocycles. The first-order valence-electron chi connectivity index (χ1n) is 8.76. The normalized spacial score (nSPS) is 23.6. The largest absolute Gasteiger partial charge is 0.343 e. The van der Waals surface area contributed by atoms with Crippen LogP contribution < -0.4 is 0 Å². The Bertz CT molecular complexity index is 381. The number of hydrogen-bond donors (Lipinski definition) is 0. The Kier molecular flexibility index (Phi) is 7.06. The second-order valence-electron chi connectivity index (χ2n) is 6.63. The van der Waals surface area contributed by atoms with Crippen LogP contribution in [0.15, 0.2) is 0 Å². The van der Waals surface area contributed by atoms with Gasteiger partial charge in [-0.2, -0.15) is 11.8 Å². The number of amides is 2. The zero-order valence-electron chi connectivity index (χ0n) is 14.1. The maximum absolute atomic E-state index is 12.6. The average molecular weight is 327 g/mol. The lowest BCUT2D eigenvalue weighted by Crippen LogP contribution is -2.47. The maximum Gasteiger partial charge on any atom is 0.225 e. The van der Waals surface area contributed by atoms with Gasteiger partial charge in [0.2, 0.25) is 11.8 Å². The van der Waals surface area contributed by atoms with E-state index < -0.39 is 0 Å². The molecular weight excluding hydrogens is 296 g/mol. The number of thioether (sulfide) groups is 1. The molecule has 5 heteroatoms. The molecule has 0 saturated carbocycles. The van der Waals surface area contributed by atoms with Crippen LogP contribution >= 0.6 is 11.8 Å². The monoisotopic (exact) mass is 326 g/mol. The Morgan fingerprint density at radius 1 is 1.09 bits per heavy atom. The smallest absolute Gasteiger partial charge is 0.225 e. The third kappa shape index (κ3) is 4.90. The van der Waals surface area contributed by atoms with Crippen LogP contribution in [0, 0.1) is 11.8 Å². The van der Waals surface area contributed by atoms with Gasteiger partial charge in [0.15, 0.2) is 0 Å². The zero-order valence-corrected chi connectivity index (χ0v) is 14.9. The fourth-order valence-corrected chi connectivity index (χ4v) is 4.09. The first-order valence-corrected chi connectivity index (χ1v) is 9.91. The lowest BCUT2D eigenvalue weighted by Gasteiger charge is -2.37. The second kappa shape index (κ2) is 8.80. The topological polar surface area (TPSA) is 40.6 Å². The van der Waals surface area contributed by atoms with Gasteiger partial charge < -0.3 is 9.80 Å². The van der Waals surface area contributed by atoms with Crippen molar-refractivity contribution in [1.82, 2.24) is 9.80 Å². The van der Waals surface area contributed by atoms with E-state index in [1.54, 1.807) is 0 Å². The maximum atomic E-state index is 12.6. The highest BCUT2D eigenvalue weighted by molar-refractivity contribution is 7.99. The summed E-state index contributed by atoms with van der Waals surface area (Å²) in [7, 11) is 0. The van der Waals surface area contributed by atoms with Gasteiger partial charge in [-0.25, -0.2) is 0 Å². The predicted molar refractivity (Wildman–Crippen MR) is 91.9 cm³/mol. The predicted octanol–water partition coefficient (Wildman–Crippen LogP) is 2.63. The lowest BCUT2D eigenvalue weighted by atomic mass is 9.92. The van der Waals surface area contributed by atoms with Crippen LogP contribution in [0.5, 0.6) is 0 Å². The molecule has 2 saturated heterocycles. The van der Waals surface area contributed by atoms with E-state index in [4.69, 9.17) is 0 Å². The minimum atomic E-state index is 0.138. The van der Waals surface area contributed by atoms with Crippen LogP contribution in [0.25, 0.3) is 0 Å². The molecule has 0 aromatic carbocycles. The van der Waals surface area contributed by atoms with Crippen molar-refractivity contribution in [3.05, 3.63) is 0 Å². The van der Waals surface area contributed by atoms with Crippen LogP contribution in [-0.4, -0.2) is 59.3 Å². The van der Waals surface area contributed by atoms with Gasteiger partial charge in [-0.1, -0.05) is 13.8 Å². The summed E-state index contributed by atoms with van der Waals surface area (Å²) in [5.41, 5.74) is 0. The Morgan fingerprint density at radius 3 is 2.45 bits per heavy atom. The number of hydrogen-bond acceptors (Lipinski definition) is 3. The van der Waals surface area contributed by atoms with E-state index in [1.807, 2.05) is 16.7 Å². The number of likely N-dealkylation sites (tertiary alicyclic amines) is 2. The summed E-state index contributed by atoms with van der Waals surface area (Å²) >= 11 is 1.82. The van der Waals surface area contributed by atoms with Crippen LogP contribution in [0.2, 0.25) is 0 Å². The molecule has 2 fully saturated rings. The van der Waals surface area contributed by atoms with E-state index >= 15 is 0 Å². The summed E-state index contributed by atoms with van der Waals surface area (Å²) in [6.07, 6.45) is 4.71. The standard InChI is InChI=1S/C17H30N2O2S/c1-3-22-12-8-16(20)18-10-6-15(7-11-18)17(21)19-9-4-5-14(2)13-19/h14-15H,3-13H2,1-2H3. The van der Waals surface area contributed by atoms with Gasteiger partial charge in [-0.15, -0.1) is 0 Å².